The zero-order chi connectivity index (χ0) is 16.3. The Labute approximate surface area is 135 Å². The molecule has 1 fully saturated rings. The molecular formula is C14H22N5O2S+. The summed E-state index contributed by atoms with van der Waals surface area (Å²) in [5, 5.41) is 3.31. The van der Waals surface area contributed by atoms with Crippen LogP contribution in [-0.4, -0.2) is 58.7 Å². The first-order valence-electron chi connectivity index (χ1n) is 7.47. The molecule has 0 aromatic rings. The van der Waals surface area contributed by atoms with E-state index in [1.54, 1.807) is 0 Å². The summed E-state index contributed by atoms with van der Waals surface area (Å²) in [4.78, 5) is 28.9. The van der Waals surface area contributed by atoms with E-state index in [0.717, 1.165) is 11.4 Å². The van der Waals surface area contributed by atoms with Crippen LogP contribution in [-0.2, 0) is 4.79 Å². The third-order valence-electron chi connectivity index (χ3n) is 4.17. The standard InChI is InChI=1S/C14H21N5O2S/c1-18-11(15)10(12(20)19(2)14(18)21)17-13(22)16-8-9-6-4-3-5-7-9/h9,15H,3-8H2,1-2H3,(H,16,22)/p+1/b17-10+. The molecule has 8 heteroatoms. The number of thiocarbonyl (C=S) groups is 1. The second-order valence-corrected chi connectivity index (χ2v) is 6.13. The van der Waals surface area contributed by atoms with E-state index in [2.05, 4.69) is 10.3 Å². The average molecular weight is 324 g/mol. The average Bonchev–Trinajstić information content (AvgIpc) is 2.54. The highest BCUT2D eigenvalue weighted by molar-refractivity contribution is 7.80. The van der Waals surface area contributed by atoms with Crippen molar-refractivity contribution in [1.29, 1.82) is 0 Å². The van der Waals surface area contributed by atoms with Gasteiger partial charge in [-0.15, -0.1) is 0 Å². The largest absolute Gasteiger partial charge is 0.445 e. The minimum Gasteiger partial charge on any atom is -0.361 e. The molecule has 0 unspecified atom stereocenters. The van der Waals surface area contributed by atoms with Gasteiger partial charge in [0.15, 0.2) is 5.11 Å². The molecule has 0 bridgehead atoms. The summed E-state index contributed by atoms with van der Waals surface area (Å²) >= 11 is 5.17. The Morgan fingerprint density at radius 3 is 2.68 bits per heavy atom. The van der Waals surface area contributed by atoms with Gasteiger partial charge in [-0.3, -0.25) is 0 Å². The number of nitrogens with one attached hydrogen (secondary N) is 1. The van der Waals surface area contributed by atoms with Gasteiger partial charge in [-0.05, 0) is 31.0 Å². The van der Waals surface area contributed by atoms with Crippen molar-refractivity contribution in [2.45, 2.75) is 32.1 Å². The van der Waals surface area contributed by atoms with Crippen molar-refractivity contribution in [2.24, 2.45) is 16.6 Å². The maximum Gasteiger partial charge on any atom is 0.445 e. The van der Waals surface area contributed by atoms with Crippen LogP contribution in [0.25, 0.3) is 0 Å². The lowest BCUT2D eigenvalue weighted by Gasteiger charge is -2.22. The Hall–Kier alpha value is -1.83. The number of nitrogens with two attached hydrogens (primary N) is 1. The first-order valence-corrected chi connectivity index (χ1v) is 7.87. The summed E-state index contributed by atoms with van der Waals surface area (Å²) in [6.07, 6.45) is 6.20. The van der Waals surface area contributed by atoms with Gasteiger partial charge in [0, 0.05) is 6.54 Å². The monoisotopic (exact) mass is 324 g/mol. The Kier molecular flexibility index (Phi) is 5.23. The van der Waals surface area contributed by atoms with Gasteiger partial charge in [0.1, 0.15) is 0 Å². The smallest absolute Gasteiger partial charge is 0.361 e. The van der Waals surface area contributed by atoms with Gasteiger partial charge >= 0.3 is 11.9 Å². The van der Waals surface area contributed by atoms with Gasteiger partial charge in [0.05, 0.1) is 14.1 Å². The summed E-state index contributed by atoms with van der Waals surface area (Å²) in [5.74, 6) is 0.0829. The highest BCUT2D eigenvalue weighted by Gasteiger charge is 2.39. The van der Waals surface area contributed by atoms with Gasteiger partial charge < -0.3 is 11.1 Å². The van der Waals surface area contributed by atoms with Gasteiger partial charge in [0.25, 0.3) is 5.84 Å². The number of aliphatic imine (C=N–C) groups is 1. The molecule has 1 saturated carbocycles. The molecule has 0 atom stereocenters. The lowest BCUT2D eigenvalue weighted by Crippen LogP contribution is -2.55. The topological polar surface area (TPSA) is 90.8 Å². The van der Waals surface area contributed by atoms with Crippen molar-refractivity contribution in [3.8, 4) is 0 Å². The lowest BCUT2D eigenvalue weighted by molar-refractivity contribution is -0.401. The number of hydrogen-bond donors (Lipinski definition) is 2. The Balaban J connectivity index is 2.05. The molecule has 7 nitrogen and oxygen atoms in total. The van der Waals surface area contributed by atoms with Crippen LogP contribution in [0.4, 0.5) is 4.79 Å². The van der Waals surface area contributed by atoms with Gasteiger partial charge in [-0.1, -0.05) is 19.3 Å². The fraction of sp³-hybridized carbons (Fsp3) is 0.643. The molecule has 1 aliphatic heterocycles. The number of carbonyl (C=O) groups is 2. The molecule has 1 heterocycles. The van der Waals surface area contributed by atoms with Crippen LogP contribution < -0.4 is 11.1 Å². The third kappa shape index (κ3) is 3.49. The maximum absolute atomic E-state index is 12.1. The minimum absolute atomic E-state index is 0.00532. The van der Waals surface area contributed by atoms with Crippen LogP contribution in [0.2, 0.25) is 0 Å². The summed E-state index contributed by atoms with van der Waals surface area (Å²) < 4.78 is 1.18. The molecule has 0 saturated heterocycles. The van der Waals surface area contributed by atoms with Crippen LogP contribution in [0.3, 0.4) is 0 Å². The fourth-order valence-corrected chi connectivity index (χ4v) is 2.89. The van der Waals surface area contributed by atoms with E-state index in [-0.39, 0.29) is 16.7 Å². The van der Waals surface area contributed by atoms with Crippen molar-refractivity contribution in [3.05, 3.63) is 0 Å². The number of nitrogens with zero attached hydrogens (tertiary/aromatic N) is 3. The second-order valence-electron chi connectivity index (χ2n) is 5.74. The number of imide groups is 1. The van der Waals surface area contributed by atoms with E-state index in [0.29, 0.717) is 5.92 Å². The van der Waals surface area contributed by atoms with Crippen LogP contribution in [0.1, 0.15) is 32.1 Å². The van der Waals surface area contributed by atoms with Crippen molar-refractivity contribution >= 4 is 40.8 Å². The van der Waals surface area contributed by atoms with Gasteiger partial charge in [0.2, 0.25) is 5.71 Å². The zero-order valence-electron chi connectivity index (χ0n) is 13.0. The first kappa shape index (κ1) is 16.5. The predicted molar refractivity (Wildman–Crippen MR) is 88.2 cm³/mol. The molecule has 22 heavy (non-hydrogen) atoms. The highest BCUT2D eigenvalue weighted by Crippen LogP contribution is 2.22. The van der Waals surface area contributed by atoms with Crippen molar-refractivity contribution in [3.63, 3.8) is 0 Å². The summed E-state index contributed by atoms with van der Waals surface area (Å²) in [6.45, 7) is 0.758. The normalized spacial score (nSPS) is 22.5. The van der Waals surface area contributed by atoms with Gasteiger partial charge in [-0.25, -0.2) is 14.6 Å². The number of amidine groups is 1. The number of amides is 3. The van der Waals surface area contributed by atoms with E-state index in [9.17, 15) is 9.59 Å². The summed E-state index contributed by atoms with van der Waals surface area (Å²) in [7, 11) is 2.89. The maximum atomic E-state index is 12.1. The number of hydrogen-bond acceptors (Lipinski definition) is 4. The highest BCUT2D eigenvalue weighted by atomic mass is 32.1. The number of urea groups is 1. The van der Waals surface area contributed by atoms with Crippen molar-refractivity contribution in [2.75, 3.05) is 20.6 Å². The molecule has 0 radical (unpaired) electrons. The summed E-state index contributed by atoms with van der Waals surface area (Å²) in [6, 6.07) is -0.484. The predicted octanol–water partition coefficient (Wildman–Crippen LogP) is 0.474. The van der Waals surface area contributed by atoms with E-state index in [4.69, 9.17) is 18.0 Å². The fourth-order valence-electron chi connectivity index (χ4n) is 2.71. The third-order valence-corrected chi connectivity index (χ3v) is 4.40. The molecule has 3 N–H and O–H groups in total. The first-order chi connectivity index (χ1) is 10.4. The summed E-state index contributed by atoms with van der Waals surface area (Å²) in [5.41, 5.74) is 5.81. The second kappa shape index (κ2) is 6.95. The molecule has 2 aliphatic rings. The quantitative estimate of drug-likeness (QED) is 0.569. The molecule has 0 aromatic heterocycles. The minimum atomic E-state index is -0.539. The lowest BCUT2D eigenvalue weighted by atomic mass is 9.89. The molecule has 0 spiro atoms. The zero-order valence-corrected chi connectivity index (χ0v) is 13.8. The van der Waals surface area contributed by atoms with E-state index in [1.165, 1.54) is 50.8 Å². The molecule has 2 rings (SSSR count). The van der Waals surface area contributed by atoms with E-state index >= 15 is 0 Å². The SMILES string of the molecule is CN1C(=O)/C(=N/C(=S)NCC2CCCCC2)C(N)=[N+](C)C1=O. The number of rotatable bonds is 2. The van der Waals surface area contributed by atoms with Crippen LogP contribution >= 0.6 is 12.2 Å². The molecule has 0 aromatic carbocycles. The Bertz CT molecular complexity index is 564. The van der Waals surface area contributed by atoms with Crippen LogP contribution in [0.15, 0.2) is 4.99 Å². The number of carbonyl (C=O) groups excluding carboxylic acids is 2. The molecular weight excluding hydrogens is 302 g/mol. The molecule has 1 aliphatic carbocycles. The molecule has 3 amide bonds. The van der Waals surface area contributed by atoms with Gasteiger partial charge in [-0.2, -0.15) is 9.48 Å². The van der Waals surface area contributed by atoms with E-state index < -0.39 is 11.9 Å². The molecule has 120 valence electrons. The van der Waals surface area contributed by atoms with Crippen molar-refractivity contribution in [1.82, 2.24) is 10.2 Å². The Morgan fingerprint density at radius 2 is 2.05 bits per heavy atom. The van der Waals surface area contributed by atoms with E-state index in [1.807, 2.05) is 0 Å². The Morgan fingerprint density at radius 1 is 1.41 bits per heavy atom. The van der Waals surface area contributed by atoms with Crippen LogP contribution in [0, 0.1) is 5.92 Å². The van der Waals surface area contributed by atoms with Crippen LogP contribution in [0.5, 0.6) is 0 Å². The van der Waals surface area contributed by atoms with Crippen molar-refractivity contribution < 1.29 is 14.2 Å².